The Morgan fingerprint density at radius 1 is 0.907 bits per heavy atom. The topological polar surface area (TPSA) is 169 Å². The molecular formula is C33H56O10. The van der Waals surface area contributed by atoms with Gasteiger partial charge < -0.3 is 50.0 Å². The Hall–Kier alpha value is -0.400. The van der Waals surface area contributed by atoms with Gasteiger partial charge in [0, 0.05) is 12.3 Å². The molecule has 2 aliphatic heterocycles. The summed E-state index contributed by atoms with van der Waals surface area (Å²) in [6.07, 6.45) is 0.335. The fraction of sp³-hybridized carbons (Fsp3) is 1.00. The maximum Gasteiger partial charge on any atom is 0.186 e. The van der Waals surface area contributed by atoms with Crippen LogP contribution in [0.1, 0.15) is 85.5 Å². The van der Waals surface area contributed by atoms with E-state index in [-0.39, 0.29) is 41.3 Å². The second-order valence-electron chi connectivity index (χ2n) is 16.0. The number of fused-ring (bicyclic) bond motifs is 7. The maximum absolute atomic E-state index is 11.8. The highest BCUT2D eigenvalue weighted by atomic mass is 16.7. The van der Waals surface area contributed by atoms with Gasteiger partial charge in [-0.3, -0.25) is 0 Å². The van der Waals surface area contributed by atoms with Gasteiger partial charge in [0.05, 0.1) is 31.5 Å². The van der Waals surface area contributed by atoms with Crippen molar-refractivity contribution in [3.05, 3.63) is 0 Å². The van der Waals surface area contributed by atoms with Gasteiger partial charge in [0.2, 0.25) is 0 Å². The minimum Gasteiger partial charge on any atom is -0.394 e. The van der Waals surface area contributed by atoms with E-state index in [9.17, 15) is 35.7 Å². The quantitative estimate of drug-likeness (QED) is 0.224. The van der Waals surface area contributed by atoms with Crippen molar-refractivity contribution in [1.82, 2.24) is 0 Å². The van der Waals surface area contributed by atoms with Gasteiger partial charge in [-0.15, -0.1) is 0 Å². The molecule has 43 heavy (non-hydrogen) atoms. The fourth-order valence-corrected chi connectivity index (χ4v) is 11.3. The number of rotatable bonds is 7. The van der Waals surface area contributed by atoms with E-state index in [1.54, 1.807) is 0 Å². The molecule has 0 aromatic rings. The zero-order valence-corrected chi connectivity index (χ0v) is 26.3. The van der Waals surface area contributed by atoms with Crippen molar-refractivity contribution in [3.63, 3.8) is 0 Å². The Labute approximate surface area is 255 Å². The molecule has 4 saturated carbocycles. The number of aliphatic hydroxyl groups is 7. The summed E-state index contributed by atoms with van der Waals surface area (Å²) in [5, 5.41) is 72.5. The molecule has 0 amide bonds. The van der Waals surface area contributed by atoms with Gasteiger partial charge in [0.1, 0.15) is 24.4 Å². The number of hydrogen-bond acceptors (Lipinski definition) is 10. The standard InChI is InChI=1S/C33H56O10/c1-16(15-41-30-29(39)28(38)27(37)25(14-34)42-30)7-10-33(40)17(2)26-24(43-33)12-21-19-6-5-18-11-22(35)23(36)13-32(18,4)20(19)8-9-31(21,26)3/h16-30,34-40H,5-15H2,1-4H3/t16-,17+,18+,19-,20+,21+,22-,23-,24+,25-,26+,27-,28+,29-,30-,31+,32+,33?/m1/s1. The van der Waals surface area contributed by atoms with Gasteiger partial charge in [-0.05, 0) is 97.7 Å². The number of hydrogen-bond donors (Lipinski definition) is 7. The van der Waals surface area contributed by atoms with E-state index in [2.05, 4.69) is 20.8 Å². The Bertz CT molecular complexity index is 997. The highest BCUT2D eigenvalue weighted by Crippen LogP contribution is 2.70. The number of ether oxygens (including phenoxy) is 3. The predicted molar refractivity (Wildman–Crippen MR) is 155 cm³/mol. The fourth-order valence-electron chi connectivity index (χ4n) is 11.3. The SMILES string of the molecule is C[C@H](CCC1(O)O[C@H]2C[C@H]3[C@@H]4CC[C@H]5C[C@@H](O)[C@H](O)C[C@]5(C)[C@H]4CC[C@]3(C)[C@H]2[C@@H]1C)CO[C@@H]1O[C@H](CO)[C@@H](O)[C@H](O)[C@H]1O. The molecule has 248 valence electrons. The van der Waals surface area contributed by atoms with Crippen molar-refractivity contribution in [2.24, 2.45) is 52.3 Å². The molecule has 7 N–H and O–H groups in total. The third-order valence-corrected chi connectivity index (χ3v) is 13.8. The molecule has 2 saturated heterocycles. The van der Waals surface area contributed by atoms with Gasteiger partial charge >= 0.3 is 0 Å². The molecular weight excluding hydrogens is 556 g/mol. The second-order valence-corrected chi connectivity index (χ2v) is 16.0. The van der Waals surface area contributed by atoms with E-state index < -0.39 is 55.3 Å². The lowest BCUT2D eigenvalue weighted by Gasteiger charge is -2.61. The van der Waals surface area contributed by atoms with Gasteiger partial charge in [-0.25, -0.2) is 0 Å². The molecule has 4 aliphatic carbocycles. The van der Waals surface area contributed by atoms with E-state index in [0.717, 1.165) is 25.7 Å². The van der Waals surface area contributed by atoms with Gasteiger partial charge in [-0.2, -0.15) is 0 Å². The molecule has 6 fully saturated rings. The summed E-state index contributed by atoms with van der Waals surface area (Å²) in [6, 6.07) is 0. The summed E-state index contributed by atoms with van der Waals surface area (Å²) in [6.45, 7) is 8.67. The lowest BCUT2D eigenvalue weighted by atomic mass is 9.44. The average Bonchev–Trinajstić information content (AvgIpc) is 3.40. The van der Waals surface area contributed by atoms with Crippen LogP contribution in [0.25, 0.3) is 0 Å². The van der Waals surface area contributed by atoms with E-state index in [1.807, 2.05) is 6.92 Å². The van der Waals surface area contributed by atoms with Crippen molar-refractivity contribution >= 4 is 0 Å². The molecule has 0 aromatic heterocycles. The molecule has 6 rings (SSSR count). The molecule has 0 radical (unpaired) electrons. The van der Waals surface area contributed by atoms with Crippen LogP contribution in [0.4, 0.5) is 0 Å². The first-order valence-corrected chi connectivity index (χ1v) is 16.9. The van der Waals surface area contributed by atoms with Crippen molar-refractivity contribution in [2.45, 2.75) is 140 Å². The van der Waals surface area contributed by atoms with Crippen LogP contribution < -0.4 is 0 Å². The van der Waals surface area contributed by atoms with Crippen molar-refractivity contribution in [2.75, 3.05) is 13.2 Å². The molecule has 18 atom stereocenters. The molecule has 0 spiro atoms. The van der Waals surface area contributed by atoms with Crippen molar-refractivity contribution < 1.29 is 50.0 Å². The first kappa shape index (κ1) is 32.5. The van der Waals surface area contributed by atoms with Crippen molar-refractivity contribution in [3.8, 4) is 0 Å². The highest BCUT2D eigenvalue weighted by molar-refractivity contribution is 5.15. The van der Waals surface area contributed by atoms with Gasteiger partial charge in [0.25, 0.3) is 0 Å². The largest absolute Gasteiger partial charge is 0.394 e. The summed E-state index contributed by atoms with van der Waals surface area (Å²) in [5.41, 5.74) is 0.172. The van der Waals surface area contributed by atoms with Crippen LogP contribution in [0.3, 0.4) is 0 Å². The minimum atomic E-state index is -1.47. The van der Waals surface area contributed by atoms with E-state index in [0.29, 0.717) is 49.4 Å². The Morgan fingerprint density at radius 2 is 1.65 bits per heavy atom. The predicted octanol–water partition coefficient (Wildman–Crippen LogP) is 1.54. The zero-order valence-electron chi connectivity index (χ0n) is 26.3. The Kier molecular flexibility index (Phi) is 8.84. The molecule has 6 aliphatic rings. The smallest absolute Gasteiger partial charge is 0.186 e. The monoisotopic (exact) mass is 612 g/mol. The molecule has 10 heteroatoms. The van der Waals surface area contributed by atoms with Crippen LogP contribution in [0, 0.1) is 52.3 Å². The third-order valence-electron chi connectivity index (χ3n) is 13.8. The van der Waals surface area contributed by atoms with Crippen LogP contribution in [0.2, 0.25) is 0 Å². The zero-order chi connectivity index (χ0) is 31.1. The Balaban J connectivity index is 1.06. The molecule has 1 unspecified atom stereocenters. The van der Waals surface area contributed by atoms with Crippen LogP contribution in [-0.4, -0.2) is 104 Å². The van der Waals surface area contributed by atoms with Gasteiger partial charge in [0.15, 0.2) is 12.1 Å². The second kappa shape index (κ2) is 11.7. The molecule has 10 nitrogen and oxygen atoms in total. The summed E-state index contributed by atoms with van der Waals surface area (Å²) in [4.78, 5) is 0. The average molecular weight is 613 g/mol. The molecule has 0 bridgehead atoms. The number of aliphatic hydroxyl groups excluding tert-OH is 6. The molecule has 0 aromatic carbocycles. The lowest BCUT2D eigenvalue weighted by Crippen LogP contribution is -2.59. The normalized spacial score (nSPS) is 57.0. The molecule has 2 heterocycles. The van der Waals surface area contributed by atoms with Crippen LogP contribution >= 0.6 is 0 Å². The maximum atomic E-state index is 11.8. The van der Waals surface area contributed by atoms with Crippen LogP contribution in [0.5, 0.6) is 0 Å². The highest BCUT2D eigenvalue weighted by Gasteiger charge is 2.68. The lowest BCUT2D eigenvalue weighted by molar-refractivity contribution is -0.303. The Morgan fingerprint density at radius 3 is 2.37 bits per heavy atom. The first-order chi connectivity index (χ1) is 20.2. The minimum absolute atomic E-state index is 0.00620. The van der Waals surface area contributed by atoms with E-state index >= 15 is 0 Å². The first-order valence-electron chi connectivity index (χ1n) is 16.9. The summed E-state index contributed by atoms with van der Waals surface area (Å²) in [5.74, 6) is 1.23. The van der Waals surface area contributed by atoms with E-state index in [1.165, 1.54) is 6.42 Å². The van der Waals surface area contributed by atoms with Crippen LogP contribution in [-0.2, 0) is 14.2 Å². The van der Waals surface area contributed by atoms with Crippen molar-refractivity contribution in [1.29, 1.82) is 0 Å². The summed E-state index contributed by atoms with van der Waals surface area (Å²) >= 11 is 0. The third kappa shape index (κ3) is 5.24. The van der Waals surface area contributed by atoms with E-state index in [4.69, 9.17) is 14.2 Å². The summed E-state index contributed by atoms with van der Waals surface area (Å²) in [7, 11) is 0. The van der Waals surface area contributed by atoms with Gasteiger partial charge in [-0.1, -0.05) is 27.7 Å². The summed E-state index contributed by atoms with van der Waals surface area (Å²) < 4.78 is 17.8. The van der Waals surface area contributed by atoms with Crippen LogP contribution in [0.15, 0.2) is 0 Å².